The van der Waals surface area contributed by atoms with Gasteiger partial charge < -0.3 is 38.3 Å². The van der Waals surface area contributed by atoms with E-state index in [-0.39, 0.29) is 135 Å². The summed E-state index contributed by atoms with van der Waals surface area (Å²) in [6, 6.07) is 0. The summed E-state index contributed by atoms with van der Waals surface area (Å²) in [5.41, 5.74) is 0. The molecular formula is O7Sb2Sn2. The van der Waals surface area contributed by atoms with Gasteiger partial charge in [-0.1, -0.05) is 0 Å². The number of hydrogen-bond donors (Lipinski definition) is 0. The van der Waals surface area contributed by atoms with Gasteiger partial charge in [-0.05, 0) is 0 Å². The van der Waals surface area contributed by atoms with Crippen molar-refractivity contribution >= 4 is 96.7 Å². The van der Waals surface area contributed by atoms with Gasteiger partial charge in [-0.25, -0.2) is 0 Å². The van der Waals surface area contributed by atoms with Gasteiger partial charge in [0.15, 0.2) is 0 Å². The minimum absolute atomic E-state index is 0. The second-order valence-corrected chi connectivity index (χ2v) is 0. The normalized spacial score (nSPS) is 0. The molecule has 4 radical (unpaired) electrons. The fourth-order valence-corrected chi connectivity index (χ4v) is 0. The molecule has 0 spiro atoms. The van der Waals surface area contributed by atoms with Crippen molar-refractivity contribution in [3.8, 4) is 0 Å². The Kier molecular flexibility index (Phi) is 5180. The third-order valence-electron chi connectivity index (χ3n) is 0. The van der Waals surface area contributed by atoms with E-state index in [4.69, 9.17) is 0 Å². The summed E-state index contributed by atoms with van der Waals surface area (Å²) in [4.78, 5) is 0. The van der Waals surface area contributed by atoms with Gasteiger partial charge in [0.25, 0.3) is 0 Å². The van der Waals surface area contributed by atoms with Crippen LogP contribution in [-0.2, 0) is 38.3 Å². The summed E-state index contributed by atoms with van der Waals surface area (Å²) in [5.74, 6) is 0. The third-order valence-corrected chi connectivity index (χ3v) is 0. The summed E-state index contributed by atoms with van der Waals surface area (Å²) in [6.45, 7) is 0. The van der Waals surface area contributed by atoms with Crippen LogP contribution in [0.2, 0.25) is 0 Å². The van der Waals surface area contributed by atoms with Crippen molar-refractivity contribution < 1.29 is 38.3 Å². The first kappa shape index (κ1) is 268. The predicted molar refractivity (Wildman–Crippen MR) is 27.8 cm³/mol. The fourth-order valence-electron chi connectivity index (χ4n) is 0. The van der Waals surface area contributed by atoms with Crippen molar-refractivity contribution in [1.29, 1.82) is 0 Å². The molecule has 0 aromatic rings. The molecule has 0 atom stereocenters. The molecule has 0 aromatic carbocycles. The van der Waals surface area contributed by atoms with Gasteiger partial charge in [-0.2, -0.15) is 0 Å². The first-order valence-electron chi connectivity index (χ1n) is 0. The summed E-state index contributed by atoms with van der Waals surface area (Å²) in [6.07, 6.45) is 0. The van der Waals surface area contributed by atoms with Crippen molar-refractivity contribution in [2.24, 2.45) is 0 Å². The van der Waals surface area contributed by atoms with Gasteiger partial charge in [-0.3, -0.25) is 0 Å². The molecule has 0 N–H and O–H groups in total. The Morgan fingerprint density at radius 2 is 0.273 bits per heavy atom. The molecule has 0 saturated heterocycles. The van der Waals surface area contributed by atoms with Gasteiger partial charge in [0.2, 0.25) is 0 Å². The largest absolute Gasteiger partial charge is 4.00 e. The smallest absolute Gasteiger partial charge is 2.00 e. The predicted octanol–water partition coefficient (Wildman–Crippen LogP) is -2.35. The van der Waals surface area contributed by atoms with E-state index in [1.807, 2.05) is 0 Å². The standard InChI is InChI=1S/7O.2Sb.2Sn/q7*-2;2*+3;2*+4. The molecule has 11 heavy (non-hydrogen) atoms. The van der Waals surface area contributed by atoms with E-state index in [2.05, 4.69) is 0 Å². The molecular weight excluding hydrogens is 593 g/mol. The van der Waals surface area contributed by atoms with E-state index >= 15 is 0 Å². The van der Waals surface area contributed by atoms with Crippen LogP contribution in [0.25, 0.3) is 0 Å². The number of hydrogen-bond acceptors (Lipinski definition) is 0. The van der Waals surface area contributed by atoms with Crippen molar-refractivity contribution in [2.75, 3.05) is 0 Å². The van der Waals surface area contributed by atoms with Crippen molar-refractivity contribution in [3.63, 3.8) is 0 Å². The fraction of sp³-hybridized carbons (Fsp3) is 0. The Morgan fingerprint density at radius 1 is 0.273 bits per heavy atom. The van der Waals surface area contributed by atoms with E-state index in [0.29, 0.717) is 0 Å². The van der Waals surface area contributed by atoms with Gasteiger partial charge in [0, 0.05) is 0 Å². The van der Waals surface area contributed by atoms with Gasteiger partial charge in [0.05, 0.1) is 0 Å². The van der Waals surface area contributed by atoms with E-state index in [1.54, 1.807) is 0 Å². The molecule has 0 aliphatic rings. The Hall–Kier alpha value is 2.95. The molecule has 60 valence electrons. The Labute approximate surface area is 133 Å². The van der Waals surface area contributed by atoms with Crippen LogP contribution in [0.3, 0.4) is 0 Å². The molecule has 0 rings (SSSR count). The van der Waals surface area contributed by atoms with Gasteiger partial charge >= 0.3 is 96.7 Å². The summed E-state index contributed by atoms with van der Waals surface area (Å²) >= 11 is 0. The summed E-state index contributed by atoms with van der Waals surface area (Å²) < 4.78 is 0. The van der Waals surface area contributed by atoms with E-state index in [1.165, 1.54) is 0 Å². The van der Waals surface area contributed by atoms with Crippen LogP contribution in [-0.4, -0.2) is 96.7 Å². The third kappa shape index (κ3) is 178. The van der Waals surface area contributed by atoms with Crippen LogP contribution in [0, 0.1) is 0 Å². The molecule has 11 heteroatoms. The van der Waals surface area contributed by atoms with Crippen LogP contribution in [0.1, 0.15) is 0 Å². The number of rotatable bonds is 0. The Bertz CT molecular complexity index is 14.4. The molecule has 7 nitrogen and oxygen atoms in total. The summed E-state index contributed by atoms with van der Waals surface area (Å²) in [5, 5.41) is 0. The average molecular weight is 593 g/mol. The first-order chi connectivity index (χ1) is 0. The maximum absolute atomic E-state index is 0. The first-order valence-corrected chi connectivity index (χ1v) is 0. The summed E-state index contributed by atoms with van der Waals surface area (Å²) in [7, 11) is 0. The molecule has 0 saturated carbocycles. The van der Waals surface area contributed by atoms with Crippen LogP contribution in [0.15, 0.2) is 0 Å². The van der Waals surface area contributed by atoms with E-state index in [9.17, 15) is 0 Å². The van der Waals surface area contributed by atoms with Crippen molar-refractivity contribution in [1.82, 2.24) is 0 Å². The molecule has 0 aliphatic heterocycles. The van der Waals surface area contributed by atoms with Gasteiger partial charge in [-0.15, -0.1) is 0 Å². The quantitative estimate of drug-likeness (QED) is 0.271. The molecule has 0 amide bonds. The molecule has 0 unspecified atom stereocenters. The second-order valence-electron chi connectivity index (χ2n) is 0. The maximum Gasteiger partial charge on any atom is 4.00 e. The molecule has 0 bridgehead atoms. The van der Waals surface area contributed by atoms with E-state index < -0.39 is 0 Å². The Morgan fingerprint density at radius 3 is 0.273 bits per heavy atom. The molecule has 0 fully saturated rings. The minimum Gasteiger partial charge on any atom is -2.00 e. The monoisotopic (exact) mass is 594 g/mol. The second kappa shape index (κ2) is 212. The van der Waals surface area contributed by atoms with Gasteiger partial charge in [0.1, 0.15) is 0 Å². The maximum atomic E-state index is 0. The van der Waals surface area contributed by atoms with E-state index in [0.717, 1.165) is 0 Å². The molecule has 0 heterocycles. The van der Waals surface area contributed by atoms with Crippen molar-refractivity contribution in [2.45, 2.75) is 0 Å². The van der Waals surface area contributed by atoms with Crippen LogP contribution in [0.4, 0.5) is 0 Å². The van der Waals surface area contributed by atoms with Crippen molar-refractivity contribution in [3.05, 3.63) is 0 Å². The minimum atomic E-state index is 0. The topological polar surface area (TPSA) is 200 Å². The zero-order valence-electron chi connectivity index (χ0n) is 4.75. The zero-order valence-corrected chi connectivity index (χ0v) is 15.6. The van der Waals surface area contributed by atoms with Crippen LogP contribution < -0.4 is 0 Å². The van der Waals surface area contributed by atoms with Crippen LogP contribution in [0.5, 0.6) is 0 Å². The Balaban J connectivity index is 0. The zero-order chi connectivity index (χ0) is 0. The molecule has 0 aliphatic carbocycles. The molecule has 0 aromatic heterocycles. The average Bonchev–Trinajstić information content (AvgIpc) is 0. The van der Waals surface area contributed by atoms with Crippen LogP contribution >= 0.6 is 0 Å². The SMILES string of the molecule is [O-2].[O-2].[O-2].[O-2].[O-2].[O-2].[O-2].[Sb+3].[Sb+3].[Sn+4].[Sn+4].